The quantitative estimate of drug-likeness (QED) is 0.305. The molecule has 2 rings (SSSR count). The van der Waals surface area contributed by atoms with Gasteiger partial charge in [0.2, 0.25) is 0 Å². The van der Waals surface area contributed by atoms with Crippen molar-refractivity contribution in [2.75, 3.05) is 19.8 Å². The maximum Gasteiger partial charge on any atom is 0.321 e. The Bertz CT molecular complexity index is 589. The van der Waals surface area contributed by atoms with Gasteiger partial charge in [-0.15, -0.1) is 0 Å². The van der Waals surface area contributed by atoms with Crippen LogP contribution in [0, 0.1) is 0 Å². The maximum absolute atomic E-state index is 12.3. The number of hydrogen-bond acceptors (Lipinski definition) is 7. The van der Waals surface area contributed by atoms with Crippen LogP contribution in [0.15, 0.2) is 4.99 Å². The van der Waals surface area contributed by atoms with E-state index in [1.54, 1.807) is 32.6 Å². The molecule has 2 aliphatic rings. The van der Waals surface area contributed by atoms with Crippen molar-refractivity contribution in [2.24, 2.45) is 16.5 Å². The van der Waals surface area contributed by atoms with Crippen molar-refractivity contribution in [3.05, 3.63) is 0 Å². The first-order chi connectivity index (χ1) is 12.7. The van der Waals surface area contributed by atoms with Gasteiger partial charge in [0.15, 0.2) is 17.5 Å². The van der Waals surface area contributed by atoms with Gasteiger partial charge in [-0.25, -0.2) is 4.90 Å². The summed E-state index contributed by atoms with van der Waals surface area (Å²) in [6, 6.07) is -0.917. The highest BCUT2D eigenvalue weighted by atomic mass is 16.8. The molecule has 0 aromatic heterocycles. The molecule has 0 saturated carbocycles. The summed E-state index contributed by atoms with van der Waals surface area (Å²) in [6.07, 6.45) is 0.775. The van der Waals surface area contributed by atoms with Gasteiger partial charge in [-0.1, -0.05) is 0 Å². The largest absolute Gasteiger partial charge is 0.480 e. The first kappa shape index (κ1) is 22.8. The number of carboxylic acids is 1. The summed E-state index contributed by atoms with van der Waals surface area (Å²) >= 11 is 0. The number of ether oxygens (including phenoxy) is 4. The second-order valence-electron chi connectivity index (χ2n) is 8.60. The van der Waals surface area contributed by atoms with Crippen molar-refractivity contribution >= 4 is 11.9 Å². The Balaban J connectivity index is 2.36. The Kier molecular flexibility index (Phi) is 6.32. The number of carbonyl (C=O) groups is 1. The molecule has 0 aromatic carbocycles. The molecule has 10 nitrogen and oxygen atoms in total. The number of nitrogens with two attached hydrogens (primary N) is 2. The maximum atomic E-state index is 12.3. The van der Waals surface area contributed by atoms with Crippen LogP contribution in [0.2, 0.25) is 0 Å². The highest BCUT2D eigenvalue weighted by Gasteiger charge is 2.59. The molecule has 0 amide bonds. The fourth-order valence-corrected chi connectivity index (χ4v) is 4.05. The third kappa shape index (κ3) is 5.12. The topological polar surface area (TPSA) is 142 Å². The third-order valence-corrected chi connectivity index (χ3v) is 4.85. The molecule has 162 valence electrons. The van der Waals surface area contributed by atoms with Crippen LogP contribution in [0.25, 0.3) is 0 Å². The number of hydrogen-bond donors (Lipinski definition) is 3. The molecule has 2 heterocycles. The predicted octanol–water partition coefficient (Wildman–Crippen LogP) is 0.793. The fourth-order valence-electron chi connectivity index (χ4n) is 4.05. The Morgan fingerprint density at radius 2 is 1.50 bits per heavy atom. The summed E-state index contributed by atoms with van der Waals surface area (Å²) < 4.78 is 23.9. The highest BCUT2D eigenvalue weighted by molar-refractivity contribution is 5.75. The average molecular weight is 402 g/mol. The summed E-state index contributed by atoms with van der Waals surface area (Å²) in [6.45, 7) is 11.5. The highest BCUT2D eigenvalue weighted by Crippen LogP contribution is 2.44. The van der Waals surface area contributed by atoms with E-state index in [1.165, 1.54) is 0 Å². The number of aliphatic imine (C=N–C) groups is 1. The van der Waals surface area contributed by atoms with Crippen molar-refractivity contribution in [3.8, 4) is 0 Å². The molecule has 5 N–H and O–H groups in total. The lowest BCUT2D eigenvalue weighted by Crippen LogP contribution is -2.67. The minimum absolute atomic E-state index is 0.0220. The molecule has 10 heteroatoms. The molecule has 0 aliphatic carbocycles. The van der Waals surface area contributed by atoms with E-state index < -0.39 is 35.0 Å². The van der Waals surface area contributed by atoms with Gasteiger partial charge in [-0.05, 0) is 54.4 Å². The van der Waals surface area contributed by atoms with Crippen LogP contribution < -0.4 is 11.5 Å². The number of guanidine groups is 1. The van der Waals surface area contributed by atoms with Crippen LogP contribution in [0.3, 0.4) is 0 Å². The van der Waals surface area contributed by atoms with Crippen LogP contribution in [0.4, 0.5) is 0 Å². The number of aliphatic carboxylic acids is 1. The number of carboxylic acid groups (broad SMARTS) is 1. The van der Waals surface area contributed by atoms with E-state index in [4.69, 9.17) is 30.4 Å². The molecule has 2 saturated heterocycles. The number of nitrogens with zero attached hydrogens (tertiary/aromatic N) is 2. The Labute approximate surface area is 166 Å². The molecular formula is C18H34N4O6. The van der Waals surface area contributed by atoms with Crippen molar-refractivity contribution in [1.82, 2.24) is 4.90 Å². The average Bonchev–Trinajstić information content (AvgIpc) is 2.97. The molecule has 3 atom stereocenters. The minimum Gasteiger partial charge on any atom is -0.480 e. The van der Waals surface area contributed by atoms with E-state index in [0.29, 0.717) is 19.4 Å². The Morgan fingerprint density at radius 1 is 1.04 bits per heavy atom. The normalized spacial score (nSPS) is 32.4. The first-order valence-electron chi connectivity index (χ1n) is 9.46. The molecule has 2 aliphatic heterocycles. The fraction of sp³-hybridized carbons (Fsp3) is 0.889. The predicted molar refractivity (Wildman–Crippen MR) is 102 cm³/mol. The third-order valence-electron chi connectivity index (χ3n) is 4.85. The number of rotatable bonds is 8. The summed E-state index contributed by atoms with van der Waals surface area (Å²) in [5.74, 6) is -2.71. The molecular weight excluding hydrogens is 368 g/mol. The second kappa shape index (κ2) is 7.75. The van der Waals surface area contributed by atoms with Crippen LogP contribution in [-0.2, 0) is 23.7 Å². The van der Waals surface area contributed by atoms with Crippen molar-refractivity contribution in [1.29, 1.82) is 0 Å². The summed E-state index contributed by atoms with van der Waals surface area (Å²) in [5.41, 5.74) is 8.66. The van der Waals surface area contributed by atoms with E-state index in [-0.39, 0.29) is 19.2 Å². The monoisotopic (exact) mass is 402 g/mol. The van der Waals surface area contributed by atoms with Gasteiger partial charge >= 0.3 is 5.97 Å². The van der Waals surface area contributed by atoms with Gasteiger partial charge in [0, 0.05) is 6.54 Å². The zero-order valence-electron chi connectivity index (χ0n) is 17.7. The molecule has 2 unspecified atom stereocenters. The van der Waals surface area contributed by atoms with Crippen LogP contribution in [0.5, 0.6) is 0 Å². The lowest BCUT2D eigenvalue weighted by molar-refractivity contribution is -0.280. The van der Waals surface area contributed by atoms with Crippen molar-refractivity contribution in [3.63, 3.8) is 0 Å². The van der Waals surface area contributed by atoms with Crippen molar-refractivity contribution in [2.45, 2.75) is 83.5 Å². The zero-order valence-corrected chi connectivity index (χ0v) is 17.7. The zero-order chi connectivity index (χ0) is 21.4. The van der Waals surface area contributed by atoms with Gasteiger partial charge in [0.05, 0.1) is 13.2 Å². The Hall–Kier alpha value is -1.46. The molecule has 2 fully saturated rings. The lowest BCUT2D eigenvalue weighted by atomic mass is 10.0. The second-order valence-corrected chi connectivity index (χ2v) is 8.60. The van der Waals surface area contributed by atoms with Gasteiger partial charge in [-0.3, -0.25) is 9.79 Å². The van der Waals surface area contributed by atoms with E-state index in [9.17, 15) is 9.90 Å². The van der Waals surface area contributed by atoms with E-state index in [2.05, 4.69) is 4.99 Å². The SMILES string of the molecule is CC1(C)OCC(C)(N([C@@H](CCCN=C(N)N)C(=O)O)C2(C)COC(C)(C)O2)O1. The summed E-state index contributed by atoms with van der Waals surface area (Å²) in [5, 5.41) is 10.0. The van der Waals surface area contributed by atoms with Gasteiger partial charge in [0.1, 0.15) is 17.5 Å². The van der Waals surface area contributed by atoms with E-state index in [0.717, 1.165) is 0 Å². The smallest absolute Gasteiger partial charge is 0.321 e. The van der Waals surface area contributed by atoms with Gasteiger partial charge in [0.25, 0.3) is 0 Å². The van der Waals surface area contributed by atoms with E-state index in [1.807, 2.05) is 13.8 Å². The van der Waals surface area contributed by atoms with Crippen LogP contribution in [-0.4, -0.2) is 70.8 Å². The van der Waals surface area contributed by atoms with Crippen LogP contribution in [0.1, 0.15) is 54.4 Å². The lowest BCUT2D eigenvalue weighted by Gasteiger charge is -2.49. The molecule has 0 aromatic rings. The van der Waals surface area contributed by atoms with Gasteiger partial charge in [-0.2, -0.15) is 0 Å². The summed E-state index contributed by atoms with van der Waals surface area (Å²) in [7, 11) is 0. The van der Waals surface area contributed by atoms with Crippen molar-refractivity contribution < 1.29 is 28.8 Å². The first-order valence-corrected chi connectivity index (χ1v) is 9.46. The Morgan fingerprint density at radius 3 is 1.82 bits per heavy atom. The molecule has 0 bridgehead atoms. The molecule has 0 spiro atoms. The summed E-state index contributed by atoms with van der Waals surface area (Å²) in [4.78, 5) is 17.9. The minimum atomic E-state index is -1.03. The van der Waals surface area contributed by atoms with Gasteiger partial charge < -0.3 is 35.5 Å². The molecule has 0 radical (unpaired) electrons. The van der Waals surface area contributed by atoms with Crippen LogP contribution >= 0.6 is 0 Å². The van der Waals surface area contributed by atoms with E-state index >= 15 is 0 Å². The molecule has 28 heavy (non-hydrogen) atoms. The standard InChI is InChI=1S/C18H34N4O6/c1-15(2)25-10-17(5,27-15)22(18(6)11-26-16(3,4)28-18)12(13(23)24)8-7-9-21-14(19)20/h12H,7-11H2,1-6H3,(H,23,24)(H4,19,20,21)/t12-,17?,18?/m0/s1.